The topological polar surface area (TPSA) is 42.8 Å². The molecule has 25 heavy (non-hydrogen) atoms. The Kier molecular flexibility index (Phi) is 5.45. The molecular formula is C16H13F5N2O2. The second-order valence-corrected chi connectivity index (χ2v) is 4.82. The van der Waals surface area contributed by atoms with Gasteiger partial charge in [-0.2, -0.15) is 5.10 Å². The highest BCUT2D eigenvalue weighted by Gasteiger charge is 2.25. The van der Waals surface area contributed by atoms with Crippen LogP contribution < -0.4 is 14.9 Å². The van der Waals surface area contributed by atoms with E-state index in [0.29, 0.717) is 17.1 Å². The number of hydrogen-bond acceptors (Lipinski definition) is 4. The summed E-state index contributed by atoms with van der Waals surface area (Å²) >= 11 is 0. The Morgan fingerprint density at radius 1 is 0.880 bits per heavy atom. The summed E-state index contributed by atoms with van der Waals surface area (Å²) in [6.45, 7) is 1.46. The van der Waals surface area contributed by atoms with Crippen LogP contribution in [0.3, 0.4) is 0 Å². The summed E-state index contributed by atoms with van der Waals surface area (Å²) in [4.78, 5) is 0. The number of benzene rings is 2. The van der Waals surface area contributed by atoms with Crippen molar-refractivity contribution in [2.45, 2.75) is 6.92 Å². The van der Waals surface area contributed by atoms with Gasteiger partial charge in [0.25, 0.3) is 0 Å². The van der Waals surface area contributed by atoms with Gasteiger partial charge in [0.2, 0.25) is 5.82 Å². The summed E-state index contributed by atoms with van der Waals surface area (Å²) in [5.41, 5.74) is 1.24. The van der Waals surface area contributed by atoms with Crippen molar-refractivity contribution >= 4 is 11.4 Å². The van der Waals surface area contributed by atoms with E-state index in [1.165, 1.54) is 21.1 Å². The van der Waals surface area contributed by atoms with E-state index in [4.69, 9.17) is 9.47 Å². The first kappa shape index (κ1) is 18.5. The van der Waals surface area contributed by atoms with Crippen molar-refractivity contribution in [3.63, 3.8) is 0 Å². The molecule has 0 saturated heterocycles. The van der Waals surface area contributed by atoms with Gasteiger partial charge in [-0.1, -0.05) is 0 Å². The summed E-state index contributed by atoms with van der Waals surface area (Å²) in [5, 5.41) is 3.67. The van der Waals surface area contributed by atoms with Crippen molar-refractivity contribution in [1.82, 2.24) is 0 Å². The van der Waals surface area contributed by atoms with Crippen LogP contribution in [0.5, 0.6) is 11.5 Å². The van der Waals surface area contributed by atoms with E-state index in [9.17, 15) is 22.0 Å². The number of nitrogens with one attached hydrogen (secondary N) is 1. The van der Waals surface area contributed by atoms with E-state index in [2.05, 4.69) is 5.10 Å². The number of ether oxygens (including phenoxy) is 2. The monoisotopic (exact) mass is 360 g/mol. The predicted molar refractivity (Wildman–Crippen MR) is 81.6 cm³/mol. The molecule has 2 aromatic rings. The molecule has 4 nitrogen and oxygen atoms in total. The molecule has 9 heteroatoms. The van der Waals surface area contributed by atoms with Crippen LogP contribution in [0.25, 0.3) is 0 Å². The van der Waals surface area contributed by atoms with Crippen LogP contribution in [0.1, 0.15) is 12.5 Å². The number of nitrogens with zero attached hydrogens (tertiary/aromatic N) is 1. The van der Waals surface area contributed by atoms with Gasteiger partial charge >= 0.3 is 0 Å². The van der Waals surface area contributed by atoms with Gasteiger partial charge < -0.3 is 9.47 Å². The molecule has 0 aliphatic carbocycles. The molecule has 2 rings (SSSR count). The zero-order valence-electron chi connectivity index (χ0n) is 13.4. The summed E-state index contributed by atoms with van der Waals surface area (Å²) in [7, 11) is 2.85. The summed E-state index contributed by atoms with van der Waals surface area (Å²) < 4.78 is 76.8. The lowest BCUT2D eigenvalue weighted by atomic mass is 10.1. The Bertz CT molecular complexity index is 811. The van der Waals surface area contributed by atoms with Crippen molar-refractivity contribution in [3.8, 4) is 11.5 Å². The lowest BCUT2D eigenvalue weighted by Crippen LogP contribution is -2.08. The Labute approximate surface area is 139 Å². The normalized spacial score (nSPS) is 11.4. The molecular weight excluding hydrogens is 347 g/mol. The van der Waals surface area contributed by atoms with Crippen molar-refractivity contribution in [1.29, 1.82) is 0 Å². The summed E-state index contributed by atoms with van der Waals surface area (Å²) in [5.74, 6) is -9.52. The Balaban J connectivity index is 2.41. The average molecular weight is 360 g/mol. The maximum absolute atomic E-state index is 13.6. The third-order valence-corrected chi connectivity index (χ3v) is 3.34. The minimum atomic E-state index is -2.24. The molecule has 0 amide bonds. The first-order chi connectivity index (χ1) is 11.8. The van der Waals surface area contributed by atoms with E-state index in [1.54, 1.807) is 18.2 Å². The van der Waals surface area contributed by atoms with Crippen LogP contribution >= 0.6 is 0 Å². The number of hydrogen-bond donors (Lipinski definition) is 1. The van der Waals surface area contributed by atoms with Crippen LogP contribution in [0.4, 0.5) is 27.6 Å². The molecule has 0 saturated carbocycles. The Hall–Kier alpha value is -2.84. The smallest absolute Gasteiger partial charge is 0.200 e. The predicted octanol–water partition coefficient (Wildman–Crippen LogP) is 4.24. The van der Waals surface area contributed by atoms with Crippen molar-refractivity contribution in [2.24, 2.45) is 5.10 Å². The van der Waals surface area contributed by atoms with E-state index in [1.807, 2.05) is 5.43 Å². The average Bonchev–Trinajstić information content (AvgIpc) is 2.63. The molecule has 0 unspecified atom stereocenters. The zero-order chi connectivity index (χ0) is 18.7. The number of halogens is 5. The highest BCUT2D eigenvalue weighted by atomic mass is 19.2. The molecule has 0 fully saturated rings. The molecule has 0 atom stereocenters. The second-order valence-electron chi connectivity index (χ2n) is 4.82. The van der Waals surface area contributed by atoms with E-state index >= 15 is 0 Å². The molecule has 0 spiro atoms. The fraction of sp³-hybridized carbons (Fsp3) is 0.188. The van der Waals surface area contributed by atoms with E-state index < -0.39 is 34.8 Å². The summed E-state index contributed by atoms with van der Waals surface area (Å²) in [6.07, 6.45) is 0. The number of hydrazone groups is 1. The van der Waals surface area contributed by atoms with Gasteiger partial charge in [-0.05, 0) is 19.1 Å². The molecule has 0 heterocycles. The first-order valence-electron chi connectivity index (χ1n) is 6.85. The van der Waals surface area contributed by atoms with Crippen LogP contribution in [-0.4, -0.2) is 19.9 Å². The maximum atomic E-state index is 13.6. The lowest BCUT2D eigenvalue weighted by molar-refractivity contribution is 0.381. The molecule has 0 bridgehead atoms. The van der Waals surface area contributed by atoms with Gasteiger partial charge in [-0.25, -0.2) is 22.0 Å². The van der Waals surface area contributed by atoms with Crippen molar-refractivity contribution in [2.75, 3.05) is 19.6 Å². The van der Waals surface area contributed by atoms with E-state index in [0.717, 1.165) is 0 Å². The summed E-state index contributed by atoms with van der Waals surface area (Å²) in [6, 6.07) is 4.71. The van der Waals surface area contributed by atoms with Crippen LogP contribution in [-0.2, 0) is 0 Å². The van der Waals surface area contributed by atoms with Crippen molar-refractivity contribution < 1.29 is 31.4 Å². The van der Waals surface area contributed by atoms with Gasteiger partial charge in [-0.3, -0.25) is 5.43 Å². The first-order valence-corrected chi connectivity index (χ1v) is 6.85. The highest BCUT2D eigenvalue weighted by Crippen LogP contribution is 2.28. The molecule has 1 N–H and O–H groups in total. The van der Waals surface area contributed by atoms with Gasteiger partial charge in [0.1, 0.15) is 17.2 Å². The molecule has 0 aliphatic heterocycles. The number of rotatable bonds is 5. The lowest BCUT2D eigenvalue weighted by Gasteiger charge is -2.11. The minimum Gasteiger partial charge on any atom is -0.497 e. The molecule has 134 valence electrons. The van der Waals surface area contributed by atoms with E-state index in [-0.39, 0.29) is 5.71 Å². The standard InChI is InChI=1S/C16H13F5N2O2/c1-7(9-5-4-8(24-2)6-10(9)25-3)22-23-16-14(20)12(18)11(17)13(19)15(16)21/h4-6,23H,1-3H3/b22-7-. The fourth-order valence-corrected chi connectivity index (χ4v) is 2.00. The quantitative estimate of drug-likeness (QED) is 0.285. The maximum Gasteiger partial charge on any atom is 0.200 e. The third kappa shape index (κ3) is 3.49. The Morgan fingerprint density at radius 2 is 1.44 bits per heavy atom. The zero-order valence-corrected chi connectivity index (χ0v) is 13.4. The van der Waals surface area contributed by atoms with Gasteiger partial charge in [-0.15, -0.1) is 0 Å². The molecule has 2 aromatic carbocycles. The van der Waals surface area contributed by atoms with Gasteiger partial charge in [0, 0.05) is 11.6 Å². The van der Waals surface area contributed by atoms with Crippen LogP contribution in [0, 0.1) is 29.1 Å². The molecule has 0 aromatic heterocycles. The van der Waals surface area contributed by atoms with Gasteiger partial charge in [0.15, 0.2) is 23.3 Å². The minimum absolute atomic E-state index is 0.184. The largest absolute Gasteiger partial charge is 0.497 e. The number of anilines is 1. The SMILES string of the molecule is COc1ccc(/C(C)=N\Nc2c(F)c(F)c(F)c(F)c2F)c(OC)c1. The molecule has 0 aliphatic rings. The van der Waals surface area contributed by atoms with Crippen LogP contribution in [0.15, 0.2) is 23.3 Å². The fourth-order valence-electron chi connectivity index (χ4n) is 2.00. The van der Waals surface area contributed by atoms with Gasteiger partial charge in [0.05, 0.1) is 19.9 Å². The van der Waals surface area contributed by atoms with Crippen molar-refractivity contribution in [3.05, 3.63) is 52.8 Å². The Morgan fingerprint density at radius 3 is 1.96 bits per heavy atom. The number of methoxy groups -OCH3 is 2. The highest BCUT2D eigenvalue weighted by molar-refractivity contribution is 6.01. The molecule has 0 radical (unpaired) electrons. The van der Waals surface area contributed by atoms with Crippen LogP contribution in [0.2, 0.25) is 0 Å². The second kappa shape index (κ2) is 7.37. The third-order valence-electron chi connectivity index (χ3n) is 3.34.